The van der Waals surface area contributed by atoms with Crippen molar-refractivity contribution < 1.29 is 14.3 Å². The van der Waals surface area contributed by atoms with Gasteiger partial charge in [0, 0.05) is 5.56 Å². The third-order valence-electron chi connectivity index (χ3n) is 4.02. The molecule has 20 heavy (non-hydrogen) atoms. The summed E-state index contributed by atoms with van der Waals surface area (Å²) in [6, 6.07) is 11.7. The smallest absolute Gasteiger partial charge is 0.319 e. The number of Topliss-reactive ketones (excluding diaryl/α,β-unsaturated/α-hetero) is 1. The predicted octanol–water partition coefficient (Wildman–Crippen LogP) is 3.28. The average molecular weight is 268 g/mol. The number of rotatable bonds is 3. The topological polar surface area (TPSA) is 43.4 Å². The molecule has 0 atom stereocenters. The predicted molar refractivity (Wildman–Crippen MR) is 76.7 cm³/mol. The van der Waals surface area contributed by atoms with Crippen LogP contribution in [0.15, 0.2) is 36.4 Å². The minimum Gasteiger partial charge on any atom is -0.468 e. The second-order valence-corrected chi connectivity index (χ2v) is 5.47. The van der Waals surface area contributed by atoms with Crippen molar-refractivity contribution in [3.63, 3.8) is 0 Å². The monoisotopic (exact) mass is 268 g/mol. The summed E-state index contributed by atoms with van der Waals surface area (Å²) in [5.41, 5.74) is 0.849. The number of benzene rings is 2. The molecule has 1 aliphatic rings. The van der Waals surface area contributed by atoms with Gasteiger partial charge in [-0.05, 0) is 36.6 Å². The number of hydrogen-bond acceptors (Lipinski definition) is 3. The molecule has 0 spiro atoms. The van der Waals surface area contributed by atoms with Gasteiger partial charge in [0.1, 0.15) is 5.41 Å². The van der Waals surface area contributed by atoms with Crippen LogP contribution in [-0.4, -0.2) is 18.9 Å². The maximum atomic E-state index is 12.5. The molecule has 2 aromatic rings. The standard InChI is InChI=1S/C17H16O3/c1-11-3-4-13-10-14(6-5-12(13)9-11)15(18)17(7-8-17)16(19)20-2/h3-6,9-10H,7-8H2,1-2H3. The third kappa shape index (κ3) is 1.90. The van der Waals surface area contributed by atoms with Crippen LogP contribution in [0.2, 0.25) is 0 Å². The number of ketones is 1. The van der Waals surface area contributed by atoms with E-state index in [4.69, 9.17) is 4.74 Å². The van der Waals surface area contributed by atoms with Gasteiger partial charge in [0.25, 0.3) is 0 Å². The van der Waals surface area contributed by atoms with E-state index in [1.54, 1.807) is 6.07 Å². The van der Waals surface area contributed by atoms with Crippen LogP contribution in [0.5, 0.6) is 0 Å². The molecule has 3 rings (SSSR count). The van der Waals surface area contributed by atoms with E-state index in [1.165, 1.54) is 12.7 Å². The van der Waals surface area contributed by atoms with Crippen LogP contribution in [0.4, 0.5) is 0 Å². The molecule has 102 valence electrons. The Labute approximate surface area is 117 Å². The quantitative estimate of drug-likeness (QED) is 0.487. The van der Waals surface area contributed by atoms with Gasteiger partial charge in [-0.15, -0.1) is 0 Å². The molecule has 0 radical (unpaired) electrons. The largest absolute Gasteiger partial charge is 0.468 e. The fraction of sp³-hybridized carbons (Fsp3) is 0.294. The number of methoxy groups -OCH3 is 1. The fourth-order valence-corrected chi connectivity index (χ4v) is 2.63. The summed E-state index contributed by atoms with van der Waals surface area (Å²) in [5, 5.41) is 2.12. The minimum atomic E-state index is -0.923. The molecule has 0 unspecified atom stereocenters. The molecule has 1 fully saturated rings. The maximum absolute atomic E-state index is 12.5. The Morgan fingerprint density at radius 1 is 1.05 bits per heavy atom. The van der Waals surface area contributed by atoms with Crippen molar-refractivity contribution in [1.29, 1.82) is 0 Å². The molecule has 0 bridgehead atoms. The van der Waals surface area contributed by atoms with Crippen LogP contribution in [0.1, 0.15) is 28.8 Å². The summed E-state index contributed by atoms with van der Waals surface area (Å²) in [5.74, 6) is -0.529. The second-order valence-electron chi connectivity index (χ2n) is 5.47. The van der Waals surface area contributed by atoms with Gasteiger partial charge >= 0.3 is 5.97 Å². The molecule has 0 aromatic heterocycles. The van der Waals surface area contributed by atoms with Crippen LogP contribution < -0.4 is 0 Å². The zero-order valence-electron chi connectivity index (χ0n) is 11.6. The van der Waals surface area contributed by atoms with Gasteiger partial charge in [-0.1, -0.05) is 35.9 Å². The van der Waals surface area contributed by atoms with E-state index in [-0.39, 0.29) is 5.78 Å². The van der Waals surface area contributed by atoms with E-state index in [9.17, 15) is 9.59 Å². The van der Waals surface area contributed by atoms with Crippen LogP contribution in [0.3, 0.4) is 0 Å². The first-order chi connectivity index (χ1) is 9.56. The molecule has 0 heterocycles. The molecular weight excluding hydrogens is 252 g/mol. The Hall–Kier alpha value is -2.16. The summed E-state index contributed by atoms with van der Waals surface area (Å²) < 4.78 is 4.76. The van der Waals surface area contributed by atoms with E-state index in [2.05, 4.69) is 6.07 Å². The third-order valence-corrected chi connectivity index (χ3v) is 4.02. The lowest BCUT2D eigenvalue weighted by atomic mass is 9.93. The van der Waals surface area contributed by atoms with Gasteiger partial charge in [0.15, 0.2) is 5.78 Å². The summed E-state index contributed by atoms with van der Waals surface area (Å²) in [6.07, 6.45) is 1.18. The highest BCUT2D eigenvalue weighted by Crippen LogP contribution is 2.49. The van der Waals surface area contributed by atoms with Gasteiger partial charge in [-0.2, -0.15) is 0 Å². The van der Waals surface area contributed by atoms with E-state index in [0.29, 0.717) is 18.4 Å². The van der Waals surface area contributed by atoms with Crippen molar-refractivity contribution >= 4 is 22.5 Å². The van der Waals surface area contributed by atoms with Crippen molar-refractivity contribution in [2.75, 3.05) is 7.11 Å². The van der Waals surface area contributed by atoms with Crippen LogP contribution >= 0.6 is 0 Å². The maximum Gasteiger partial charge on any atom is 0.319 e. The number of aryl methyl sites for hydroxylation is 1. The van der Waals surface area contributed by atoms with Crippen molar-refractivity contribution in [3.05, 3.63) is 47.5 Å². The Bertz CT molecular complexity index is 711. The fourth-order valence-electron chi connectivity index (χ4n) is 2.63. The second kappa shape index (κ2) is 4.44. The molecule has 3 heteroatoms. The summed E-state index contributed by atoms with van der Waals surface area (Å²) in [7, 11) is 1.33. The van der Waals surface area contributed by atoms with Gasteiger partial charge in [0.05, 0.1) is 7.11 Å². The summed E-state index contributed by atoms with van der Waals surface area (Å²) >= 11 is 0. The molecule has 0 aliphatic heterocycles. The Kier molecular flexibility index (Phi) is 2.85. The number of carbonyl (C=O) groups excluding carboxylic acids is 2. The lowest BCUT2D eigenvalue weighted by molar-refractivity contribution is -0.145. The molecule has 3 nitrogen and oxygen atoms in total. The average Bonchev–Trinajstić information content (AvgIpc) is 3.26. The van der Waals surface area contributed by atoms with Crippen molar-refractivity contribution in [1.82, 2.24) is 0 Å². The SMILES string of the molecule is COC(=O)C1(C(=O)c2ccc3cc(C)ccc3c2)CC1. The van der Waals surface area contributed by atoms with Crippen LogP contribution in [-0.2, 0) is 9.53 Å². The van der Waals surface area contributed by atoms with Crippen molar-refractivity contribution in [2.24, 2.45) is 5.41 Å². The highest BCUT2D eigenvalue weighted by molar-refractivity contribution is 6.15. The lowest BCUT2D eigenvalue weighted by Crippen LogP contribution is -2.27. The van der Waals surface area contributed by atoms with Gasteiger partial charge in [0.2, 0.25) is 0 Å². The number of esters is 1. The lowest BCUT2D eigenvalue weighted by Gasteiger charge is -2.12. The normalized spacial score (nSPS) is 15.9. The molecule has 2 aromatic carbocycles. The number of fused-ring (bicyclic) bond motifs is 1. The first-order valence-electron chi connectivity index (χ1n) is 6.70. The molecular formula is C17H16O3. The van der Waals surface area contributed by atoms with E-state index in [1.807, 2.05) is 31.2 Å². The first kappa shape index (κ1) is 12.9. The van der Waals surface area contributed by atoms with Gasteiger partial charge < -0.3 is 4.74 Å². The summed E-state index contributed by atoms with van der Waals surface area (Å²) in [6.45, 7) is 2.04. The molecule has 0 N–H and O–H groups in total. The Morgan fingerprint density at radius 3 is 2.35 bits per heavy atom. The zero-order valence-corrected chi connectivity index (χ0v) is 11.6. The zero-order chi connectivity index (χ0) is 14.3. The summed E-state index contributed by atoms with van der Waals surface area (Å²) in [4.78, 5) is 24.3. The number of ether oxygens (including phenoxy) is 1. The Balaban J connectivity index is 2.01. The molecule has 1 saturated carbocycles. The van der Waals surface area contributed by atoms with Gasteiger partial charge in [-0.3, -0.25) is 9.59 Å². The van der Waals surface area contributed by atoms with Crippen LogP contribution in [0.25, 0.3) is 10.8 Å². The molecule has 0 amide bonds. The van der Waals surface area contributed by atoms with Gasteiger partial charge in [-0.25, -0.2) is 0 Å². The van der Waals surface area contributed by atoms with Crippen LogP contribution in [0, 0.1) is 12.3 Å². The molecule has 0 saturated heterocycles. The van der Waals surface area contributed by atoms with Crippen molar-refractivity contribution in [2.45, 2.75) is 19.8 Å². The Morgan fingerprint density at radius 2 is 1.70 bits per heavy atom. The molecule has 1 aliphatic carbocycles. The van der Waals surface area contributed by atoms with E-state index >= 15 is 0 Å². The van der Waals surface area contributed by atoms with E-state index < -0.39 is 11.4 Å². The first-order valence-corrected chi connectivity index (χ1v) is 6.70. The number of hydrogen-bond donors (Lipinski definition) is 0. The number of carbonyl (C=O) groups is 2. The highest BCUT2D eigenvalue weighted by atomic mass is 16.5. The van der Waals surface area contributed by atoms with E-state index in [0.717, 1.165) is 10.8 Å². The minimum absolute atomic E-state index is 0.119. The van der Waals surface area contributed by atoms with Crippen molar-refractivity contribution in [3.8, 4) is 0 Å². The highest BCUT2D eigenvalue weighted by Gasteiger charge is 2.57.